The fourth-order valence-corrected chi connectivity index (χ4v) is 2.46. The topological polar surface area (TPSA) is 38.7 Å². The first-order valence-corrected chi connectivity index (χ1v) is 7.02. The van der Waals surface area contributed by atoms with Crippen LogP contribution in [0.5, 0.6) is 11.5 Å². The molecule has 2 aromatic carbocycles. The van der Waals surface area contributed by atoms with Gasteiger partial charge in [0, 0.05) is 6.42 Å². The molecule has 112 valence electrons. The first-order chi connectivity index (χ1) is 10.1. The van der Waals surface area contributed by atoms with E-state index in [2.05, 4.69) is 26.0 Å². The Hall–Kier alpha value is -2.00. The van der Waals surface area contributed by atoms with Crippen molar-refractivity contribution in [2.45, 2.75) is 26.4 Å². The number of ether oxygens (including phenoxy) is 2. The zero-order valence-corrected chi connectivity index (χ0v) is 13.0. The third-order valence-corrected chi connectivity index (χ3v) is 3.80. The molecule has 3 heteroatoms. The Balaban J connectivity index is 2.31. The summed E-state index contributed by atoms with van der Waals surface area (Å²) in [6.45, 7) is 4.16. The Morgan fingerprint density at radius 3 is 2.10 bits per heavy atom. The number of aryl methyl sites for hydroxylation is 2. The van der Waals surface area contributed by atoms with E-state index >= 15 is 0 Å². The summed E-state index contributed by atoms with van der Waals surface area (Å²) >= 11 is 0. The van der Waals surface area contributed by atoms with Crippen molar-refractivity contribution < 1.29 is 14.6 Å². The Morgan fingerprint density at radius 2 is 1.57 bits per heavy atom. The molecule has 0 aliphatic carbocycles. The number of hydrogen-bond acceptors (Lipinski definition) is 3. The van der Waals surface area contributed by atoms with Crippen LogP contribution in [0.3, 0.4) is 0 Å². The smallest absolute Gasteiger partial charge is 0.128 e. The highest BCUT2D eigenvalue weighted by atomic mass is 16.5. The molecular weight excluding hydrogens is 264 g/mol. The van der Waals surface area contributed by atoms with E-state index in [9.17, 15) is 5.11 Å². The third kappa shape index (κ3) is 3.37. The normalized spacial score (nSPS) is 12.0. The largest absolute Gasteiger partial charge is 0.496 e. The molecule has 0 saturated heterocycles. The number of rotatable bonds is 5. The maximum absolute atomic E-state index is 10.6. The number of aliphatic hydroxyl groups excluding tert-OH is 1. The zero-order valence-electron chi connectivity index (χ0n) is 13.0. The minimum Gasteiger partial charge on any atom is -0.496 e. The molecule has 0 aromatic heterocycles. The molecular formula is C18H22O3. The highest BCUT2D eigenvalue weighted by molar-refractivity contribution is 5.47. The van der Waals surface area contributed by atoms with E-state index in [1.165, 1.54) is 11.1 Å². The van der Waals surface area contributed by atoms with E-state index in [-0.39, 0.29) is 0 Å². The third-order valence-electron chi connectivity index (χ3n) is 3.80. The monoisotopic (exact) mass is 286 g/mol. The van der Waals surface area contributed by atoms with Gasteiger partial charge in [-0.3, -0.25) is 0 Å². The molecule has 3 nitrogen and oxygen atoms in total. The van der Waals surface area contributed by atoms with Gasteiger partial charge in [-0.2, -0.15) is 0 Å². The van der Waals surface area contributed by atoms with Crippen LogP contribution < -0.4 is 9.47 Å². The summed E-state index contributed by atoms with van der Waals surface area (Å²) in [5, 5.41) is 10.6. The molecule has 1 unspecified atom stereocenters. The molecule has 2 aromatic rings. The minimum absolute atomic E-state index is 0.526. The fourth-order valence-electron chi connectivity index (χ4n) is 2.46. The Labute approximate surface area is 126 Å². The molecule has 0 spiro atoms. The van der Waals surface area contributed by atoms with Crippen LogP contribution in [-0.2, 0) is 6.42 Å². The number of benzene rings is 2. The molecule has 1 N–H and O–H groups in total. The van der Waals surface area contributed by atoms with Gasteiger partial charge in [0.2, 0.25) is 0 Å². The summed E-state index contributed by atoms with van der Waals surface area (Å²) in [5.41, 5.74) is 4.27. The lowest BCUT2D eigenvalue weighted by Gasteiger charge is -2.18. The van der Waals surface area contributed by atoms with Crippen molar-refractivity contribution >= 4 is 0 Å². The molecule has 0 radical (unpaired) electrons. The highest BCUT2D eigenvalue weighted by Gasteiger charge is 2.19. The van der Waals surface area contributed by atoms with Crippen LogP contribution in [0.25, 0.3) is 0 Å². The summed E-state index contributed by atoms with van der Waals surface area (Å²) in [7, 11) is 3.20. The van der Waals surface area contributed by atoms with Crippen molar-refractivity contribution in [2.75, 3.05) is 14.2 Å². The van der Waals surface area contributed by atoms with Crippen molar-refractivity contribution in [3.05, 3.63) is 58.7 Å². The summed E-state index contributed by atoms with van der Waals surface area (Å²) in [5.74, 6) is 1.29. The minimum atomic E-state index is -0.668. The maximum atomic E-state index is 10.6. The summed E-state index contributed by atoms with van der Waals surface area (Å²) in [4.78, 5) is 0. The Bertz CT molecular complexity index is 598. The SMILES string of the molecule is COc1cccc(OC)c1C(O)Cc1ccc(C)c(C)c1. The molecule has 21 heavy (non-hydrogen) atoms. The van der Waals surface area contributed by atoms with Gasteiger partial charge in [-0.15, -0.1) is 0 Å². The molecule has 0 aliphatic heterocycles. The predicted molar refractivity (Wildman–Crippen MR) is 84.1 cm³/mol. The van der Waals surface area contributed by atoms with Crippen LogP contribution in [0.15, 0.2) is 36.4 Å². The van der Waals surface area contributed by atoms with Gasteiger partial charge in [0.15, 0.2) is 0 Å². The molecule has 0 fully saturated rings. The van der Waals surface area contributed by atoms with Gasteiger partial charge in [0.05, 0.1) is 25.9 Å². The first-order valence-electron chi connectivity index (χ1n) is 7.02. The van der Waals surface area contributed by atoms with Gasteiger partial charge >= 0.3 is 0 Å². The average Bonchev–Trinajstić information content (AvgIpc) is 2.49. The highest BCUT2D eigenvalue weighted by Crippen LogP contribution is 2.35. The second-order valence-electron chi connectivity index (χ2n) is 5.21. The Morgan fingerprint density at radius 1 is 0.952 bits per heavy atom. The van der Waals surface area contributed by atoms with Crippen molar-refractivity contribution in [1.82, 2.24) is 0 Å². The lowest BCUT2D eigenvalue weighted by Crippen LogP contribution is -2.06. The van der Waals surface area contributed by atoms with Gasteiger partial charge in [-0.25, -0.2) is 0 Å². The van der Waals surface area contributed by atoms with Gasteiger partial charge in [-0.1, -0.05) is 24.3 Å². The molecule has 0 bridgehead atoms. The molecule has 0 heterocycles. The quantitative estimate of drug-likeness (QED) is 0.912. The zero-order chi connectivity index (χ0) is 15.4. The van der Waals surface area contributed by atoms with E-state index in [4.69, 9.17) is 9.47 Å². The molecule has 1 atom stereocenters. The maximum Gasteiger partial charge on any atom is 0.128 e. The molecule has 0 aliphatic rings. The van der Waals surface area contributed by atoms with Crippen molar-refractivity contribution in [3.8, 4) is 11.5 Å². The predicted octanol–water partition coefficient (Wildman–Crippen LogP) is 3.60. The van der Waals surface area contributed by atoms with Crippen LogP contribution in [0.4, 0.5) is 0 Å². The fraction of sp³-hybridized carbons (Fsp3) is 0.333. The van der Waals surface area contributed by atoms with E-state index in [1.54, 1.807) is 14.2 Å². The van der Waals surface area contributed by atoms with E-state index in [1.807, 2.05) is 24.3 Å². The van der Waals surface area contributed by atoms with Gasteiger partial charge in [0.25, 0.3) is 0 Å². The van der Waals surface area contributed by atoms with Crippen molar-refractivity contribution in [2.24, 2.45) is 0 Å². The van der Waals surface area contributed by atoms with E-state index in [0.717, 1.165) is 5.56 Å². The van der Waals surface area contributed by atoms with Crippen molar-refractivity contribution in [3.63, 3.8) is 0 Å². The Kier molecular flexibility index (Phi) is 4.86. The van der Waals surface area contributed by atoms with Gasteiger partial charge in [0.1, 0.15) is 11.5 Å². The number of methoxy groups -OCH3 is 2. The summed E-state index contributed by atoms with van der Waals surface area (Å²) < 4.78 is 10.7. The second-order valence-corrected chi connectivity index (χ2v) is 5.21. The lowest BCUT2D eigenvalue weighted by molar-refractivity contribution is 0.169. The standard InChI is InChI=1S/C18H22O3/c1-12-8-9-14(10-13(12)2)11-15(19)18-16(20-3)6-5-7-17(18)21-4/h5-10,15,19H,11H2,1-4H3. The number of hydrogen-bond donors (Lipinski definition) is 1. The van der Waals surface area contributed by atoms with Gasteiger partial charge < -0.3 is 14.6 Å². The first kappa shape index (κ1) is 15.4. The molecule has 0 amide bonds. The molecule has 2 rings (SSSR count). The summed E-state index contributed by atoms with van der Waals surface area (Å²) in [6, 6.07) is 11.8. The van der Waals surface area contributed by atoms with E-state index < -0.39 is 6.10 Å². The number of aliphatic hydroxyl groups is 1. The van der Waals surface area contributed by atoms with Crippen LogP contribution >= 0.6 is 0 Å². The lowest BCUT2D eigenvalue weighted by atomic mass is 9.97. The molecule has 0 saturated carbocycles. The summed E-state index contributed by atoms with van der Waals surface area (Å²) in [6.07, 6.45) is -0.143. The van der Waals surface area contributed by atoms with Gasteiger partial charge in [-0.05, 0) is 42.7 Å². The van der Waals surface area contributed by atoms with Crippen LogP contribution in [0.1, 0.15) is 28.4 Å². The van der Waals surface area contributed by atoms with Crippen molar-refractivity contribution in [1.29, 1.82) is 0 Å². The average molecular weight is 286 g/mol. The van der Waals surface area contributed by atoms with Crippen LogP contribution in [0.2, 0.25) is 0 Å². The second kappa shape index (κ2) is 6.64. The van der Waals surface area contributed by atoms with Crippen LogP contribution in [0, 0.1) is 13.8 Å². The van der Waals surface area contributed by atoms with Crippen LogP contribution in [-0.4, -0.2) is 19.3 Å². The van der Waals surface area contributed by atoms with E-state index in [0.29, 0.717) is 23.5 Å².